The minimum atomic E-state index is -0.743. The molecule has 0 saturated heterocycles. The van der Waals surface area contributed by atoms with E-state index in [0.717, 1.165) is 37.2 Å². The van der Waals surface area contributed by atoms with Gasteiger partial charge in [-0.15, -0.1) is 11.7 Å². The summed E-state index contributed by atoms with van der Waals surface area (Å²) in [5.74, 6) is 0.0608. The molecule has 9 nitrogen and oxygen atoms in total. The zero-order valence-electron chi connectivity index (χ0n) is 23.1. The molecule has 3 N–H and O–H groups in total. The van der Waals surface area contributed by atoms with E-state index in [2.05, 4.69) is 26.7 Å². The van der Waals surface area contributed by atoms with E-state index in [4.69, 9.17) is 31.7 Å². The highest BCUT2D eigenvalue weighted by atomic mass is 35.5. The molecule has 0 bridgehead atoms. The Morgan fingerprint density at radius 1 is 1.32 bits per heavy atom. The summed E-state index contributed by atoms with van der Waals surface area (Å²) >= 11 is 6.35. The van der Waals surface area contributed by atoms with Crippen molar-refractivity contribution < 1.29 is 8.81 Å². The molecule has 214 valence electrons. The maximum absolute atomic E-state index is 15.0. The van der Waals surface area contributed by atoms with Gasteiger partial charge in [-0.2, -0.15) is 0 Å². The van der Waals surface area contributed by atoms with Gasteiger partial charge in [-0.3, -0.25) is 9.98 Å². The number of aliphatic imine (C=N–C) groups is 2. The summed E-state index contributed by atoms with van der Waals surface area (Å²) in [6.07, 6.45) is 9.43. The van der Waals surface area contributed by atoms with E-state index >= 15 is 0 Å². The Balaban J connectivity index is 1.65. The monoisotopic (exact) mass is 577 g/mol. The number of halogens is 2. The van der Waals surface area contributed by atoms with Crippen molar-refractivity contribution in [1.29, 1.82) is 0 Å². The molecule has 3 heterocycles. The second-order valence-electron chi connectivity index (χ2n) is 10.6. The fraction of sp³-hybridized carbons (Fsp3) is 0.367. The molecule has 2 aliphatic rings. The Morgan fingerprint density at radius 3 is 2.73 bits per heavy atom. The molecule has 2 aromatic heterocycles. The number of aromatic nitrogens is 3. The van der Waals surface area contributed by atoms with Crippen molar-refractivity contribution in [2.75, 3.05) is 6.54 Å². The third kappa shape index (κ3) is 6.17. The number of allylic oxidation sites excluding steroid dienone is 1. The van der Waals surface area contributed by atoms with Crippen LogP contribution in [0.25, 0.3) is 5.70 Å². The Hall–Kier alpha value is -4.05. The van der Waals surface area contributed by atoms with Crippen LogP contribution < -0.4 is 11.5 Å². The summed E-state index contributed by atoms with van der Waals surface area (Å²) in [5.41, 5.74) is 8.71. The molecular weight excluding hydrogens is 545 g/mol. The molecule has 1 aliphatic heterocycles. The number of nitrogens with one attached hydrogen (secondary N) is 1. The predicted octanol–water partition coefficient (Wildman–Crippen LogP) is 5.52. The maximum atomic E-state index is 15.0. The second kappa shape index (κ2) is 12.2. The van der Waals surface area contributed by atoms with Crippen molar-refractivity contribution >= 4 is 29.0 Å². The van der Waals surface area contributed by atoms with E-state index in [9.17, 15) is 9.18 Å². The zero-order valence-corrected chi connectivity index (χ0v) is 23.8. The first-order valence-electron chi connectivity index (χ1n) is 13.7. The third-order valence-electron chi connectivity index (χ3n) is 7.82. The van der Waals surface area contributed by atoms with Crippen molar-refractivity contribution in [2.24, 2.45) is 27.6 Å². The second-order valence-corrected chi connectivity index (χ2v) is 11.0. The number of aromatic amines is 1. The van der Waals surface area contributed by atoms with E-state index < -0.39 is 5.76 Å². The molecular formula is C30H33ClFN7O2. The van der Waals surface area contributed by atoms with Gasteiger partial charge < -0.3 is 15.1 Å². The standard InChI is InChI=1S/C30H33ClFN7O2/c1-4-19-9-11-20(12-10-19)16-39-26(18(3)35-28(39)17(2)23-7-5-6-8-24(23)32)25(21-13-22(31)15-34-14-21)36-27(33)29-37-38-30(40)41-29/h4-8,13-15,17-20H,1,9-12,16H2,2-3H3,(H2,33,36)(H,38,40)/b26-25+/t17?,18?,19-,20-. The van der Waals surface area contributed by atoms with Gasteiger partial charge in [-0.1, -0.05) is 42.8 Å². The van der Waals surface area contributed by atoms with Crippen LogP contribution in [0.2, 0.25) is 5.02 Å². The SMILES string of the molecule is C=C[C@H]1CC[C@H](CN2C(C(C)c3ccccc3F)=NC(C)/C2=C(\N=C(/N)c2n[nH]c(=O)o2)c2cncc(Cl)c2)CC1. The molecule has 0 amide bonds. The van der Waals surface area contributed by atoms with Crippen LogP contribution in [-0.4, -0.2) is 44.3 Å². The van der Waals surface area contributed by atoms with Crippen molar-refractivity contribution in [1.82, 2.24) is 20.1 Å². The fourth-order valence-electron chi connectivity index (χ4n) is 5.69. The molecule has 1 saturated carbocycles. The number of nitrogens with two attached hydrogens (primary N) is 1. The summed E-state index contributed by atoms with van der Waals surface area (Å²) in [5, 5.41) is 6.46. The predicted molar refractivity (Wildman–Crippen MR) is 158 cm³/mol. The van der Waals surface area contributed by atoms with Gasteiger partial charge in [0.2, 0.25) is 0 Å². The molecule has 5 rings (SSSR count). The van der Waals surface area contributed by atoms with Crippen molar-refractivity contribution in [3.63, 3.8) is 0 Å². The zero-order chi connectivity index (χ0) is 29.1. The normalized spacial score (nSPS) is 23.3. The van der Waals surface area contributed by atoms with Gasteiger partial charge in [0, 0.05) is 30.4 Å². The minimum absolute atomic E-state index is 0.0972. The van der Waals surface area contributed by atoms with E-state index in [-0.39, 0.29) is 29.5 Å². The van der Waals surface area contributed by atoms with Crippen LogP contribution in [-0.2, 0) is 0 Å². The average molecular weight is 578 g/mol. The number of H-pyrrole nitrogens is 1. The first-order chi connectivity index (χ1) is 19.7. The quantitative estimate of drug-likeness (QED) is 0.206. The van der Waals surface area contributed by atoms with Crippen LogP contribution >= 0.6 is 11.6 Å². The molecule has 1 aromatic carbocycles. The van der Waals surface area contributed by atoms with Crippen LogP contribution in [0.3, 0.4) is 0 Å². The lowest BCUT2D eigenvalue weighted by Gasteiger charge is -2.34. The first kappa shape index (κ1) is 28.5. The van der Waals surface area contributed by atoms with Crippen molar-refractivity contribution in [3.8, 4) is 0 Å². The summed E-state index contributed by atoms with van der Waals surface area (Å²) in [6.45, 7) is 8.58. The Bertz CT molecular complexity index is 1570. The van der Waals surface area contributed by atoms with Gasteiger partial charge in [0.15, 0.2) is 5.84 Å². The number of pyridine rings is 1. The number of hydrogen-bond donors (Lipinski definition) is 2. The van der Waals surface area contributed by atoms with Crippen LogP contribution in [0.5, 0.6) is 0 Å². The number of rotatable bonds is 8. The van der Waals surface area contributed by atoms with Crippen LogP contribution in [0, 0.1) is 17.7 Å². The molecule has 1 fully saturated rings. The van der Waals surface area contributed by atoms with Gasteiger partial charge in [0.25, 0.3) is 5.89 Å². The fourth-order valence-corrected chi connectivity index (χ4v) is 5.86. The Labute approximate surface area is 242 Å². The number of nitrogens with zero attached hydrogens (tertiary/aromatic N) is 5. The molecule has 2 atom stereocenters. The summed E-state index contributed by atoms with van der Waals surface area (Å²) in [6, 6.07) is 8.17. The molecule has 11 heteroatoms. The smallest absolute Gasteiger partial charge is 0.384 e. The van der Waals surface area contributed by atoms with Crippen LogP contribution in [0.4, 0.5) is 4.39 Å². The molecule has 1 aliphatic carbocycles. The molecule has 3 aromatic rings. The van der Waals surface area contributed by atoms with Gasteiger partial charge in [0.1, 0.15) is 11.7 Å². The van der Waals surface area contributed by atoms with Crippen LogP contribution in [0.1, 0.15) is 62.5 Å². The third-order valence-corrected chi connectivity index (χ3v) is 8.03. The summed E-state index contributed by atoms with van der Waals surface area (Å²) < 4.78 is 20.0. The highest BCUT2D eigenvalue weighted by Gasteiger charge is 2.37. The summed E-state index contributed by atoms with van der Waals surface area (Å²) in [7, 11) is 0. The molecule has 2 unspecified atom stereocenters. The highest BCUT2D eigenvalue weighted by Crippen LogP contribution is 2.39. The Morgan fingerprint density at radius 2 is 2.07 bits per heavy atom. The van der Waals surface area contributed by atoms with E-state index in [1.165, 1.54) is 12.3 Å². The molecule has 0 radical (unpaired) electrons. The number of benzene rings is 1. The van der Waals surface area contributed by atoms with Crippen molar-refractivity contribution in [2.45, 2.75) is 51.5 Å². The lowest BCUT2D eigenvalue weighted by molar-refractivity contribution is 0.268. The van der Waals surface area contributed by atoms with Gasteiger partial charge in [-0.05, 0) is 62.1 Å². The lowest BCUT2D eigenvalue weighted by atomic mass is 9.81. The average Bonchev–Trinajstić information content (AvgIpc) is 3.54. The number of amidine groups is 2. The van der Waals surface area contributed by atoms with E-state index in [1.807, 2.05) is 26.0 Å². The van der Waals surface area contributed by atoms with Gasteiger partial charge in [-0.25, -0.2) is 19.3 Å². The van der Waals surface area contributed by atoms with Gasteiger partial charge >= 0.3 is 5.76 Å². The topological polar surface area (TPSA) is 126 Å². The highest BCUT2D eigenvalue weighted by molar-refractivity contribution is 6.30. The maximum Gasteiger partial charge on any atom is 0.434 e. The van der Waals surface area contributed by atoms with E-state index in [1.54, 1.807) is 24.4 Å². The van der Waals surface area contributed by atoms with Crippen molar-refractivity contribution in [3.05, 3.63) is 99.5 Å². The minimum Gasteiger partial charge on any atom is -0.384 e. The van der Waals surface area contributed by atoms with E-state index in [0.29, 0.717) is 40.2 Å². The number of hydrogen-bond acceptors (Lipinski definition) is 7. The summed E-state index contributed by atoms with van der Waals surface area (Å²) in [4.78, 5) is 27.8. The van der Waals surface area contributed by atoms with Crippen LogP contribution in [0.15, 0.2) is 80.3 Å². The Kier molecular flexibility index (Phi) is 8.49. The van der Waals surface area contributed by atoms with Gasteiger partial charge in [0.05, 0.1) is 22.5 Å². The largest absolute Gasteiger partial charge is 0.434 e. The lowest BCUT2D eigenvalue weighted by Crippen LogP contribution is -2.37. The molecule has 41 heavy (non-hydrogen) atoms. The molecule has 0 spiro atoms. The first-order valence-corrected chi connectivity index (χ1v) is 14.1.